The number of ether oxygens (including phenoxy) is 2. The van der Waals surface area contributed by atoms with E-state index < -0.39 is 0 Å². The van der Waals surface area contributed by atoms with E-state index in [1.165, 1.54) is 11.3 Å². The van der Waals surface area contributed by atoms with Gasteiger partial charge in [0.05, 0.1) is 12.2 Å². The number of nitrogens with zero attached hydrogens (tertiary/aromatic N) is 4. The Morgan fingerprint density at radius 3 is 3.07 bits per heavy atom. The van der Waals surface area contributed by atoms with Crippen molar-refractivity contribution in [1.29, 1.82) is 0 Å². The molecule has 7 heteroatoms. The maximum atomic E-state index is 5.53. The third-order valence-corrected chi connectivity index (χ3v) is 5.29. The van der Waals surface area contributed by atoms with Crippen LogP contribution in [0, 0.1) is 0 Å². The van der Waals surface area contributed by atoms with E-state index in [0.717, 1.165) is 67.6 Å². The van der Waals surface area contributed by atoms with E-state index in [4.69, 9.17) is 9.47 Å². The Labute approximate surface area is 157 Å². The van der Waals surface area contributed by atoms with E-state index in [-0.39, 0.29) is 6.79 Å². The summed E-state index contributed by atoms with van der Waals surface area (Å²) in [6.07, 6.45) is 6.06. The highest BCUT2D eigenvalue weighted by molar-refractivity contribution is 5.68. The Hall–Kier alpha value is -2.80. The lowest BCUT2D eigenvalue weighted by molar-refractivity contribution is 0.174. The molecule has 0 bridgehead atoms. The molecule has 2 aliphatic rings. The number of hydrogen-bond acceptors (Lipinski definition) is 5. The van der Waals surface area contributed by atoms with Crippen molar-refractivity contribution in [3.8, 4) is 22.8 Å². The fourth-order valence-corrected chi connectivity index (χ4v) is 3.90. The number of rotatable bonds is 5. The summed E-state index contributed by atoms with van der Waals surface area (Å²) in [5.74, 6) is 2.72. The monoisotopic (exact) mass is 365 g/mol. The number of fused-ring (bicyclic) bond motifs is 2. The molecule has 0 aliphatic carbocycles. The maximum absolute atomic E-state index is 5.53. The fraction of sp³-hybridized carbons (Fsp3) is 0.400. The van der Waals surface area contributed by atoms with Gasteiger partial charge in [0.1, 0.15) is 5.82 Å². The summed E-state index contributed by atoms with van der Waals surface area (Å²) in [5.41, 5.74) is 4.57. The number of imidazole rings is 1. The van der Waals surface area contributed by atoms with Gasteiger partial charge in [0.2, 0.25) is 6.79 Å². The summed E-state index contributed by atoms with van der Waals surface area (Å²) >= 11 is 0. The minimum atomic E-state index is 0.287. The van der Waals surface area contributed by atoms with Crippen molar-refractivity contribution in [2.24, 2.45) is 0 Å². The van der Waals surface area contributed by atoms with Crippen molar-refractivity contribution in [3.63, 3.8) is 0 Å². The Balaban J connectivity index is 1.39. The molecule has 0 unspecified atom stereocenters. The van der Waals surface area contributed by atoms with Crippen molar-refractivity contribution in [3.05, 3.63) is 47.7 Å². The van der Waals surface area contributed by atoms with Crippen molar-refractivity contribution in [2.45, 2.75) is 39.4 Å². The maximum Gasteiger partial charge on any atom is 0.231 e. The summed E-state index contributed by atoms with van der Waals surface area (Å²) in [7, 11) is 0. The van der Waals surface area contributed by atoms with Crippen LogP contribution in [0.4, 0.5) is 0 Å². The van der Waals surface area contributed by atoms with E-state index in [0.29, 0.717) is 0 Å². The van der Waals surface area contributed by atoms with Crippen LogP contribution in [0.15, 0.2) is 30.6 Å². The second-order valence-electron chi connectivity index (χ2n) is 7.09. The van der Waals surface area contributed by atoms with Gasteiger partial charge in [0.15, 0.2) is 11.5 Å². The summed E-state index contributed by atoms with van der Waals surface area (Å²) < 4.78 is 13.2. The highest BCUT2D eigenvalue weighted by Crippen LogP contribution is 2.37. The molecule has 7 nitrogen and oxygen atoms in total. The van der Waals surface area contributed by atoms with Crippen molar-refractivity contribution in [1.82, 2.24) is 24.6 Å². The summed E-state index contributed by atoms with van der Waals surface area (Å²) in [5, 5.41) is 7.84. The van der Waals surface area contributed by atoms with Gasteiger partial charge in [-0.05, 0) is 24.6 Å². The van der Waals surface area contributed by atoms with Crippen LogP contribution in [-0.2, 0) is 26.1 Å². The zero-order valence-corrected chi connectivity index (χ0v) is 15.4. The van der Waals surface area contributed by atoms with Crippen molar-refractivity contribution < 1.29 is 9.47 Å². The third-order valence-electron chi connectivity index (χ3n) is 5.29. The van der Waals surface area contributed by atoms with Gasteiger partial charge in [-0.15, -0.1) is 0 Å². The van der Waals surface area contributed by atoms with Crippen LogP contribution >= 0.6 is 0 Å². The van der Waals surface area contributed by atoms with E-state index in [1.807, 2.05) is 18.3 Å². The van der Waals surface area contributed by atoms with Gasteiger partial charge in [-0.25, -0.2) is 4.98 Å². The van der Waals surface area contributed by atoms with Crippen molar-refractivity contribution in [2.75, 3.05) is 13.3 Å². The summed E-state index contributed by atoms with van der Waals surface area (Å²) in [6, 6.07) is 6.03. The van der Waals surface area contributed by atoms with Crippen LogP contribution in [0.1, 0.15) is 30.4 Å². The number of benzene rings is 1. The van der Waals surface area contributed by atoms with Gasteiger partial charge in [-0.1, -0.05) is 6.92 Å². The molecule has 5 rings (SSSR count). The molecular weight excluding hydrogens is 342 g/mol. The molecule has 0 fully saturated rings. The normalized spacial score (nSPS) is 15.9. The lowest BCUT2D eigenvalue weighted by Gasteiger charge is -2.27. The van der Waals surface area contributed by atoms with Crippen LogP contribution in [0.2, 0.25) is 0 Å². The third kappa shape index (κ3) is 2.98. The van der Waals surface area contributed by atoms with Gasteiger partial charge < -0.3 is 14.0 Å². The van der Waals surface area contributed by atoms with Crippen LogP contribution in [0.25, 0.3) is 11.3 Å². The Morgan fingerprint density at radius 1 is 1.22 bits per heavy atom. The van der Waals surface area contributed by atoms with E-state index in [1.54, 1.807) is 0 Å². The second kappa shape index (κ2) is 6.74. The predicted molar refractivity (Wildman–Crippen MR) is 100 cm³/mol. The Kier molecular flexibility index (Phi) is 4.09. The molecule has 0 amide bonds. The summed E-state index contributed by atoms with van der Waals surface area (Å²) in [4.78, 5) is 7.01. The van der Waals surface area contributed by atoms with Crippen LogP contribution in [-0.4, -0.2) is 38.0 Å². The highest BCUT2D eigenvalue weighted by Gasteiger charge is 2.25. The largest absolute Gasteiger partial charge is 0.454 e. The molecule has 4 heterocycles. The average molecular weight is 365 g/mol. The molecule has 2 aliphatic heterocycles. The van der Waals surface area contributed by atoms with Gasteiger partial charge in [-0.3, -0.25) is 10.00 Å². The van der Waals surface area contributed by atoms with Crippen LogP contribution < -0.4 is 9.47 Å². The van der Waals surface area contributed by atoms with Crippen LogP contribution in [0.3, 0.4) is 0 Å². The topological polar surface area (TPSA) is 68.2 Å². The van der Waals surface area contributed by atoms with E-state index in [2.05, 4.69) is 43.8 Å². The Morgan fingerprint density at radius 2 is 2.15 bits per heavy atom. The number of nitrogens with one attached hydrogen (secondary N) is 1. The lowest BCUT2D eigenvalue weighted by Crippen LogP contribution is -2.31. The molecule has 27 heavy (non-hydrogen) atoms. The number of aromatic amines is 1. The minimum Gasteiger partial charge on any atom is -0.454 e. The number of H-pyrrole nitrogens is 1. The van der Waals surface area contributed by atoms with Gasteiger partial charge in [0.25, 0.3) is 0 Å². The molecule has 0 atom stereocenters. The first kappa shape index (κ1) is 16.4. The zero-order chi connectivity index (χ0) is 18.2. The molecule has 2 aromatic heterocycles. The second-order valence-corrected chi connectivity index (χ2v) is 7.09. The SMILES string of the molecule is CCCn1ccnc1CN1CCc2[nH]nc(-c3ccc4c(c3)OCO4)c2C1. The van der Waals surface area contributed by atoms with Gasteiger partial charge in [0, 0.05) is 55.3 Å². The molecule has 0 spiro atoms. The molecule has 3 aromatic rings. The molecule has 1 N–H and O–H groups in total. The molecule has 140 valence electrons. The van der Waals surface area contributed by atoms with E-state index in [9.17, 15) is 0 Å². The molecular formula is C20H23N5O2. The number of hydrogen-bond donors (Lipinski definition) is 1. The zero-order valence-electron chi connectivity index (χ0n) is 15.4. The quantitative estimate of drug-likeness (QED) is 0.753. The molecule has 0 radical (unpaired) electrons. The van der Waals surface area contributed by atoms with Gasteiger partial charge in [-0.2, -0.15) is 5.10 Å². The smallest absolute Gasteiger partial charge is 0.231 e. The first-order valence-corrected chi connectivity index (χ1v) is 9.50. The van der Waals surface area contributed by atoms with Gasteiger partial charge >= 0.3 is 0 Å². The molecule has 0 saturated carbocycles. The Bertz CT molecular complexity index is 961. The summed E-state index contributed by atoms with van der Waals surface area (Å²) in [6.45, 7) is 6.24. The molecule has 0 saturated heterocycles. The van der Waals surface area contributed by atoms with E-state index >= 15 is 0 Å². The highest BCUT2D eigenvalue weighted by atomic mass is 16.7. The minimum absolute atomic E-state index is 0.287. The first-order chi connectivity index (χ1) is 13.3. The lowest BCUT2D eigenvalue weighted by atomic mass is 10.0. The first-order valence-electron chi connectivity index (χ1n) is 9.50. The predicted octanol–water partition coefficient (Wildman–Crippen LogP) is 2.97. The number of aromatic nitrogens is 4. The average Bonchev–Trinajstić information content (AvgIpc) is 3.41. The standard InChI is InChI=1S/C20H23N5O2/c1-2-7-25-9-6-21-19(25)12-24-8-5-16-15(11-24)20(23-22-16)14-3-4-17-18(10-14)27-13-26-17/h3-4,6,9-10H,2,5,7-8,11-13H2,1H3,(H,22,23). The van der Waals surface area contributed by atoms with Crippen molar-refractivity contribution >= 4 is 0 Å². The number of aryl methyl sites for hydroxylation is 1. The fourth-order valence-electron chi connectivity index (χ4n) is 3.90. The van der Waals surface area contributed by atoms with Crippen LogP contribution in [0.5, 0.6) is 11.5 Å². The molecule has 1 aromatic carbocycles.